The van der Waals surface area contributed by atoms with Gasteiger partial charge in [0.1, 0.15) is 5.82 Å². The van der Waals surface area contributed by atoms with Crippen LogP contribution < -0.4 is 4.74 Å². The van der Waals surface area contributed by atoms with Gasteiger partial charge in [0.05, 0.1) is 22.7 Å². The standard InChI is InChI=1S/C50H39N5O.Pd/c1-32(2)39-19-13-20-40(33(3)4)48(39)34-30-52-53(31-34)36-16-12-17-37(28-36)56-38-23-24-41-42-25-26-45-49(50(42)55(46(41)29-38)47-22-10-11-27-51-47)43-18-8-9-21-44(43)54(45)35-14-6-5-7-15-35;/h5-27,30-33H,1-4H3;/q-2;+2. The van der Waals surface area contributed by atoms with Gasteiger partial charge in [0, 0.05) is 45.9 Å². The second-order valence-corrected chi connectivity index (χ2v) is 14.9. The van der Waals surface area contributed by atoms with E-state index >= 15 is 0 Å². The molecule has 0 fully saturated rings. The van der Waals surface area contributed by atoms with Crippen LogP contribution in [0.5, 0.6) is 11.5 Å². The molecule has 0 spiro atoms. The fraction of sp³-hybridized carbons (Fsp3) is 0.120. The number of hydrogen-bond acceptors (Lipinski definition) is 3. The molecule has 7 heteroatoms. The fourth-order valence-electron chi connectivity index (χ4n) is 8.31. The third-order valence-electron chi connectivity index (χ3n) is 10.8. The summed E-state index contributed by atoms with van der Waals surface area (Å²) >= 11 is 0. The van der Waals surface area contributed by atoms with E-state index in [1.54, 1.807) is 0 Å². The molecular formula is C50H39N5OPd. The molecule has 10 aromatic rings. The van der Waals surface area contributed by atoms with Crippen molar-refractivity contribution in [3.8, 4) is 39.8 Å². The first kappa shape index (κ1) is 36.4. The van der Waals surface area contributed by atoms with E-state index < -0.39 is 0 Å². The first-order valence-corrected chi connectivity index (χ1v) is 19.2. The van der Waals surface area contributed by atoms with Crippen molar-refractivity contribution in [2.24, 2.45) is 0 Å². The molecule has 0 aliphatic heterocycles. The van der Waals surface area contributed by atoms with Crippen molar-refractivity contribution < 1.29 is 25.2 Å². The van der Waals surface area contributed by atoms with E-state index in [2.05, 4.69) is 152 Å². The molecule has 0 saturated heterocycles. The van der Waals surface area contributed by atoms with Gasteiger partial charge in [-0.1, -0.05) is 99.9 Å². The van der Waals surface area contributed by atoms with Crippen molar-refractivity contribution in [2.75, 3.05) is 0 Å². The largest absolute Gasteiger partial charge is 2.00 e. The molecule has 0 radical (unpaired) electrons. The van der Waals surface area contributed by atoms with Gasteiger partial charge in [-0.2, -0.15) is 17.2 Å². The minimum atomic E-state index is 0. The summed E-state index contributed by atoms with van der Waals surface area (Å²) in [6, 6.07) is 53.5. The Balaban J connectivity index is 0.00000422. The minimum Gasteiger partial charge on any atom is -0.509 e. The molecule has 4 heterocycles. The number of rotatable bonds is 8. The van der Waals surface area contributed by atoms with Gasteiger partial charge >= 0.3 is 20.4 Å². The van der Waals surface area contributed by atoms with Crippen LogP contribution in [-0.4, -0.2) is 23.9 Å². The summed E-state index contributed by atoms with van der Waals surface area (Å²) in [4.78, 5) is 4.87. The number of aromatic nitrogens is 5. The maximum Gasteiger partial charge on any atom is 2.00 e. The fourth-order valence-corrected chi connectivity index (χ4v) is 8.31. The SMILES string of the molecule is CC(C)c1cccc(C(C)C)c1-c1cnn(-c2[c-]c(Oc3[c-]c4c(cc3)c3ccc5c(c6ccccc6n5-c5ccccc5)c3n4-c3ccccn3)ccc2)c1.[Pd+2]. The summed E-state index contributed by atoms with van der Waals surface area (Å²) in [5, 5.41) is 9.33. The molecule has 4 aromatic heterocycles. The zero-order valence-electron chi connectivity index (χ0n) is 32.0. The van der Waals surface area contributed by atoms with Crippen molar-refractivity contribution in [3.05, 3.63) is 175 Å². The van der Waals surface area contributed by atoms with Gasteiger partial charge in [-0.25, -0.2) is 4.98 Å². The van der Waals surface area contributed by atoms with Crippen LogP contribution in [0.2, 0.25) is 0 Å². The van der Waals surface area contributed by atoms with Gasteiger partial charge in [-0.3, -0.25) is 4.68 Å². The van der Waals surface area contributed by atoms with Crippen molar-refractivity contribution in [1.82, 2.24) is 23.9 Å². The van der Waals surface area contributed by atoms with Crippen LogP contribution in [0.1, 0.15) is 50.7 Å². The van der Waals surface area contributed by atoms with Gasteiger partial charge in [0.15, 0.2) is 0 Å². The van der Waals surface area contributed by atoms with Crippen LogP contribution in [0.25, 0.3) is 71.9 Å². The summed E-state index contributed by atoms with van der Waals surface area (Å²) in [5.41, 5.74) is 11.2. The molecule has 280 valence electrons. The number of ether oxygens (including phenoxy) is 1. The number of pyridine rings is 1. The molecular weight excluding hydrogens is 793 g/mol. The molecule has 0 bridgehead atoms. The summed E-state index contributed by atoms with van der Waals surface area (Å²) in [6.07, 6.45) is 5.90. The zero-order valence-corrected chi connectivity index (χ0v) is 33.6. The maximum absolute atomic E-state index is 6.56. The number of nitrogens with zero attached hydrogens (tertiary/aromatic N) is 5. The summed E-state index contributed by atoms with van der Waals surface area (Å²) < 4.78 is 13.0. The summed E-state index contributed by atoms with van der Waals surface area (Å²) in [7, 11) is 0. The predicted octanol–water partition coefficient (Wildman–Crippen LogP) is 12.8. The van der Waals surface area contributed by atoms with E-state index in [-0.39, 0.29) is 20.4 Å². The Bertz CT molecular complexity index is 3040. The topological polar surface area (TPSA) is 49.8 Å². The van der Waals surface area contributed by atoms with E-state index in [9.17, 15) is 0 Å². The molecule has 0 atom stereocenters. The summed E-state index contributed by atoms with van der Waals surface area (Å²) in [5.74, 6) is 2.76. The first-order valence-electron chi connectivity index (χ1n) is 19.2. The predicted molar refractivity (Wildman–Crippen MR) is 228 cm³/mol. The normalized spacial score (nSPS) is 11.7. The minimum absolute atomic E-state index is 0. The Morgan fingerprint density at radius 2 is 1.32 bits per heavy atom. The van der Waals surface area contributed by atoms with Crippen LogP contribution in [0, 0.1) is 12.1 Å². The third-order valence-corrected chi connectivity index (χ3v) is 10.8. The van der Waals surface area contributed by atoms with Crippen LogP contribution in [0.15, 0.2) is 152 Å². The van der Waals surface area contributed by atoms with Crippen LogP contribution in [-0.2, 0) is 20.4 Å². The Kier molecular flexibility index (Phi) is 9.37. The Labute approximate surface area is 345 Å². The molecule has 57 heavy (non-hydrogen) atoms. The molecule has 0 aliphatic carbocycles. The second kappa shape index (κ2) is 14.7. The monoisotopic (exact) mass is 831 g/mol. The molecule has 0 saturated carbocycles. The van der Waals surface area contributed by atoms with Crippen LogP contribution >= 0.6 is 0 Å². The average Bonchev–Trinajstić information content (AvgIpc) is 3.94. The van der Waals surface area contributed by atoms with Crippen molar-refractivity contribution >= 4 is 43.6 Å². The summed E-state index contributed by atoms with van der Waals surface area (Å²) in [6.45, 7) is 8.99. The number of fused-ring (bicyclic) bond motifs is 7. The Morgan fingerprint density at radius 3 is 2.09 bits per heavy atom. The van der Waals surface area contributed by atoms with Crippen molar-refractivity contribution in [2.45, 2.75) is 39.5 Å². The quantitative estimate of drug-likeness (QED) is 0.113. The smallest absolute Gasteiger partial charge is 0.509 e. The molecule has 0 amide bonds. The second-order valence-electron chi connectivity index (χ2n) is 14.9. The number of hydrogen-bond donors (Lipinski definition) is 0. The van der Waals surface area contributed by atoms with Gasteiger partial charge < -0.3 is 13.9 Å². The maximum atomic E-state index is 6.56. The van der Waals surface area contributed by atoms with Crippen LogP contribution in [0.3, 0.4) is 0 Å². The molecule has 0 N–H and O–H groups in total. The van der Waals surface area contributed by atoms with E-state index in [1.807, 2.05) is 53.5 Å². The van der Waals surface area contributed by atoms with Crippen molar-refractivity contribution in [1.29, 1.82) is 0 Å². The van der Waals surface area contributed by atoms with Gasteiger partial charge in [-0.15, -0.1) is 35.7 Å². The third kappa shape index (κ3) is 6.15. The Hall–Kier alpha value is -6.26. The van der Waals surface area contributed by atoms with Crippen molar-refractivity contribution in [3.63, 3.8) is 0 Å². The van der Waals surface area contributed by atoms with Gasteiger partial charge in [0.2, 0.25) is 0 Å². The van der Waals surface area contributed by atoms with E-state index in [1.165, 1.54) is 22.1 Å². The van der Waals surface area contributed by atoms with E-state index in [0.717, 1.165) is 61.0 Å². The molecule has 0 unspecified atom stereocenters. The van der Waals surface area contributed by atoms with E-state index in [4.69, 9.17) is 14.8 Å². The Morgan fingerprint density at radius 1 is 0.596 bits per heavy atom. The van der Waals surface area contributed by atoms with Gasteiger partial charge in [-0.05, 0) is 76.0 Å². The molecule has 10 rings (SSSR count). The number of para-hydroxylation sites is 2. The number of benzene rings is 6. The van der Waals surface area contributed by atoms with Crippen LogP contribution in [0.4, 0.5) is 0 Å². The molecule has 0 aliphatic rings. The molecule has 6 aromatic carbocycles. The van der Waals surface area contributed by atoms with E-state index in [0.29, 0.717) is 23.3 Å². The van der Waals surface area contributed by atoms with Gasteiger partial charge in [0.25, 0.3) is 0 Å². The zero-order chi connectivity index (χ0) is 37.9. The average molecular weight is 832 g/mol. The first-order chi connectivity index (χ1) is 27.4. The molecule has 6 nitrogen and oxygen atoms in total.